The number of hydrogen-bond donors (Lipinski definition) is 3. The van der Waals surface area contributed by atoms with Crippen LogP contribution in [0.15, 0.2) is 12.4 Å². The van der Waals surface area contributed by atoms with Crippen molar-refractivity contribution in [2.24, 2.45) is 0 Å². The molecule has 1 aromatic heterocycles. The normalized spacial score (nSPS) is 19.9. The second-order valence-corrected chi connectivity index (χ2v) is 4.91. The number of imidazole rings is 1. The minimum absolute atomic E-state index is 0.0344. The fraction of sp³-hybridized carbons (Fsp3) is 0.692. The number of rotatable bonds is 5. The van der Waals surface area contributed by atoms with Crippen molar-refractivity contribution in [1.29, 1.82) is 0 Å². The Morgan fingerprint density at radius 3 is 2.84 bits per heavy atom. The van der Waals surface area contributed by atoms with Gasteiger partial charge in [0.1, 0.15) is 5.82 Å². The van der Waals surface area contributed by atoms with Crippen molar-refractivity contribution < 1.29 is 4.79 Å². The van der Waals surface area contributed by atoms with Gasteiger partial charge >= 0.3 is 0 Å². The molecular formula is C13H23N5O. The first-order chi connectivity index (χ1) is 9.22. The van der Waals surface area contributed by atoms with E-state index in [4.69, 9.17) is 0 Å². The molecule has 2 unspecified atom stereocenters. The zero-order valence-electron chi connectivity index (χ0n) is 11.6. The molecule has 1 aromatic rings. The average Bonchev–Trinajstić information content (AvgIpc) is 2.98. The lowest BCUT2D eigenvalue weighted by molar-refractivity contribution is -0.127. The summed E-state index contributed by atoms with van der Waals surface area (Å²) in [6.07, 6.45) is 4.32. The van der Waals surface area contributed by atoms with Crippen LogP contribution in [0.5, 0.6) is 0 Å². The molecule has 0 spiro atoms. The summed E-state index contributed by atoms with van der Waals surface area (Å²) in [6.45, 7) is 7.76. The molecule has 6 nitrogen and oxygen atoms in total. The highest BCUT2D eigenvalue weighted by atomic mass is 16.2. The highest BCUT2D eigenvalue weighted by Crippen LogP contribution is 2.12. The van der Waals surface area contributed by atoms with E-state index in [-0.39, 0.29) is 18.0 Å². The van der Waals surface area contributed by atoms with E-state index >= 15 is 0 Å². The van der Waals surface area contributed by atoms with Gasteiger partial charge in [0.2, 0.25) is 5.91 Å². The number of aromatic amines is 1. The van der Waals surface area contributed by atoms with Gasteiger partial charge in [-0.05, 0) is 13.3 Å². The fourth-order valence-electron chi connectivity index (χ4n) is 2.36. The molecule has 0 radical (unpaired) electrons. The average molecular weight is 265 g/mol. The molecule has 2 rings (SSSR count). The van der Waals surface area contributed by atoms with Crippen molar-refractivity contribution in [2.45, 2.75) is 32.4 Å². The number of aromatic nitrogens is 2. The molecule has 3 N–H and O–H groups in total. The van der Waals surface area contributed by atoms with Crippen LogP contribution in [-0.2, 0) is 4.79 Å². The lowest BCUT2D eigenvalue weighted by atomic mass is 10.1. The molecule has 1 saturated heterocycles. The Balaban J connectivity index is 1.91. The minimum Gasteiger partial charge on any atom is -0.347 e. The maximum Gasteiger partial charge on any atom is 0.237 e. The molecule has 19 heavy (non-hydrogen) atoms. The van der Waals surface area contributed by atoms with Gasteiger partial charge in [0.15, 0.2) is 0 Å². The first-order valence-corrected chi connectivity index (χ1v) is 6.96. The lowest BCUT2D eigenvalue weighted by Gasteiger charge is -2.32. The van der Waals surface area contributed by atoms with Crippen LogP contribution in [0.3, 0.4) is 0 Å². The molecule has 1 fully saturated rings. The highest BCUT2D eigenvalue weighted by molar-refractivity contribution is 5.81. The third-order valence-electron chi connectivity index (χ3n) is 3.65. The Labute approximate surface area is 114 Å². The van der Waals surface area contributed by atoms with Gasteiger partial charge in [-0.2, -0.15) is 0 Å². The Morgan fingerprint density at radius 1 is 1.53 bits per heavy atom. The molecule has 0 saturated carbocycles. The number of nitrogens with zero attached hydrogens (tertiary/aromatic N) is 2. The van der Waals surface area contributed by atoms with Crippen LogP contribution in [0.25, 0.3) is 0 Å². The van der Waals surface area contributed by atoms with Crippen molar-refractivity contribution in [3.8, 4) is 0 Å². The van der Waals surface area contributed by atoms with Gasteiger partial charge in [-0.15, -0.1) is 0 Å². The largest absolute Gasteiger partial charge is 0.347 e. The van der Waals surface area contributed by atoms with E-state index in [1.54, 1.807) is 12.4 Å². The van der Waals surface area contributed by atoms with E-state index in [9.17, 15) is 4.79 Å². The molecule has 2 heterocycles. The Bertz CT molecular complexity index is 386. The number of nitrogens with one attached hydrogen (secondary N) is 3. The first-order valence-electron chi connectivity index (χ1n) is 6.96. The van der Waals surface area contributed by atoms with Gasteiger partial charge in [-0.25, -0.2) is 4.98 Å². The summed E-state index contributed by atoms with van der Waals surface area (Å²) in [5.74, 6) is 0.897. The third kappa shape index (κ3) is 3.54. The molecule has 1 aliphatic heterocycles. The maximum absolute atomic E-state index is 12.3. The summed E-state index contributed by atoms with van der Waals surface area (Å²) >= 11 is 0. The van der Waals surface area contributed by atoms with Crippen LogP contribution in [0.2, 0.25) is 0 Å². The van der Waals surface area contributed by atoms with Crippen molar-refractivity contribution in [1.82, 2.24) is 25.5 Å². The van der Waals surface area contributed by atoms with E-state index in [0.29, 0.717) is 0 Å². The second kappa shape index (κ2) is 6.68. The van der Waals surface area contributed by atoms with Crippen molar-refractivity contribution >= 4 is 5.91 Å². The summed E-state index contributed by atoms with van der Waals surface area (Å²) in [4.78, 5) is 21.8. The van der Waals surface area contributed by atoms with E-state index in [0.717, 1.165) is 38.4 Å². The third-order valence-corrected chi connectivity index (χ3v) is 3.65. The van der Waals surface area contributed by atoms with Gasteiger partial charge in [0, 0.05) is 38.6 Å². The Kier molecular flexibility index (Phi) is 4.93. The smallest absolute Gasteiger partial charge is 0.237 e. The summed E-state index contributed by atoms with van der Waals surface area (Å²) in [7, 11) is 0. The molecule has 0 bridgehead atoms. The summed E-state index contributed by atoms with van der Waals surface area (Å²) < 4.78 is 0. The number of piperazine rings is 1. The molecule has 1 amide bonds. The molecule has 1 aliphatic rings. The topological polar surface area (TPSA) is 73.1 Å². The van der Waals surface area contributed by atoms with Gasteiger partial charge in [-0.1, -0.05) is 6.92 Å². The van der Waals surface area contributed by atoms with Crippen LogP contribution in [0.1, 0.15) is 32.1 Å². The van der Waals surface area contributed by atoms with E-state index in [1.807, 2.05) is 13.8 Å². The van der Waals surface area contributed by atoms with Crippen LogP contribution < -0.4 is 10.6 Å². The van der Waals surface area contributed by atoms with Gasteiger partial charge in [-0.3, -0.25) is 9.69 Å². The maximum atomic E-state index is 12.3. The number of carbonyl (C=O) groups is 1. The molecule has 0 aliphatic carbocycles. The quantitative estimate of drug-likeness (QED) is 0.714. The van der Waals surface area contributed by atoms with Gasteiger partial charge in [0.05, 0.1) is 12.1 Å². The second-order valence-electron chi connectivity index (χ2n) is 4.91. The molecule has 2 atom stereocenters. The van der Waals surface area contributed by atoms with Crippen LogP contribution in [0.4, 0.5) is 0 Å². The first kappa shape index (κ1) is 14.0. The zero-order chi connectivity index (χ0) is 13.7. The standard InChI is InChI=1S/C13H23N5O/c1-3-11(12-15-4-5-16-12)17-13(19)10(2)18-8-6-14-7-9-18/h4-5,10-11,14H,3,6-9H2,1-2H3,(H,15,16)(H,17,19). The van der Waals surface area contributed by atoms with E-state index in [2.05, 4.69) is 25.5 Å². The molecule has 6 heteroatoms. The SMILES string of the molecule is CCC(NC(=O)C(C)N1CCNCC1)c1ncc[nH]1. The number of amides is 1. The number of hydrogen-bond acceptors (Lipinski definition) is 4. The summed E-state index contributed by atoms with van der Waals surface area (Å²) in [5, 5.41) is 6.37. The van der Waals surface area contributed by atoms with Crippen LogP contribution >= 0.6 is 0 Å². The van der Waals surface area contributed by atoms with Crippen LogP contribution in [0, 0.1) is 0 Å². The monoisotopic (exact) mass is 265 g/mol. The van der Waals surface area contributed by atoms with Gasteiger partial charge in [0.25, 0.3) is 0 Å². The van der Waals surface area contributed by atoms with E-state index in [1.165, 1.54) is 0 Å². The van der Waals surface area contributed by atoms with Crippen molar-refractivity contribution in [3.05, 3.63) is 18.2 Å². The number of carbonyl (C=O) groups excluding carboxylic acids is 1. The van der Waals surface area contributed by atoms with Crippen molar-refractivity contribution in [2.75, 3.05) is 26.2 Å². The minimum atomic E-state index is -0.0916. The number of H-pyrrole nitrogens is 1. The summed E-state index contributed by atoms with van der Waals surface area (Å²) in [5.41, 5.74) is 0. The van der Waals surface area contributed by atoms with Crippen molar-refractivity contribution in [3.63, 3.8) is 0 Å². The molecule has 106 valence electrons. The highest BCUT2D eigenvalue weighted by Gasteiger charge is 2.25. The van der Waals surface area contributed by atoms with Crippen LogP contribution in [-0.4, -0.2) is 53.0 Å². The summed E-state index contributed by atoms with van der Waals surface area (Å²) in [6, 6.07) is -0.126. The molecular weight excluding hydrogens is 242 g/mol. The molecule has 0 aromatic carbocycles. The lowest BCUT2D eigenvalue weighted by Crippen LogP contribution is -2.53. The fourth-order valence-corrected chi connectivity index (χ4v) is 2.36. The predicted octanol–water partition coefficient (Wildman–Crippen LogP) is 0.271. The zero-order valence-corrected chi connectivity index (χ0v) is 11.6. The Hall–Kier alpha value is -1.40. The predicted molar refractivity (Wildman–Crippen MR) is 73.7 cm³/mol. The Morgan fingerprint density at radius 2 is 2.26 bits per heavy atom. The van der Waals surface area contributed by atoms with Gasteiger partial charge < -0.3 is 15.6 Å². The van der Waals surface area contributed by atoms with E-state index < -0.39 is 0 Å².